The molecule has 0 aliphatic rings. The molecule has 4 rings (SSSR count). The fraction of sp³-hybridized carbons (Fsp3) is 0.125. The van der Waals surface area contributed by atoms with Crippen molar-refractivity contribution in [3.8, 4) is 0 Å². The van der Waals surface area contributed by atoms with Crippen LogP contribution in [0.5, 0.6) is 0 Å². The molecule has 1 N–H and O–H groups in total. The van der Waals surface area contributed by atoms with E-state index in [-0.39, 0.29) is 6.71 Å². The average molecular weight is 490 g/mol. The number of nitrogens with one attached hydrogen (secondary N) is 1. The summed E-state index contributed by atoms with van der Waals surface area (Å²) >= 11 is 24.3. The van der Waals surface area contributed by atoms with Crippen LogP contribution >= 0.6 is 46.4 Å². The van der Waals surface area contributed by atoms with E-state index >= 15 is 0 Å². The molecule has 0 saturated heterocycles. The van der Waals surface area contributed by atoms with Gasteiger partial charge < -0.3 is 4.98 Å². The van der Waals surface area contributed by atoms with E-state index in [9.17, 15) is 0 Å². The largest absolute Gasteiger partial charge is 0.348 e. The van der Waals surface area contributed by atoms with E-state index in [0.717, 1.165) is 38.7 Å². The minimum atomic E-state index is 0.261. The Balaban J connectivity index is 0.000000179. The molecular formula is C24H21BCl4N2. The highest BCUT2D eigenvalue weighted by Gasteiger charge is 2.21. The first kappa shape index (κ1) is 23.8. The predicted octanol–water partition coefficient (Wildman–Crippen LogP) is 6.93. The molecule has 4 aromatic rings. The molecule has 0 amide bonds. The number of hydrogen-bond donors (Lipinski definition) is 1. The highest BCUT2D eigenvalue weighted by molar-refractivity contribution is 6.88. The maximum Gasteiger partial charge on any atom is 0.212 e. The summed E-state index contributed by atoms with van der Waals surface area (Å²) in [6.45, 7) is 2.41. The van der Waals surface area contributed by atoms with Gasteiger partial charge in [0.2, 0.25) is 6.71 Å². The van der Waals surface area contributed by atoms with Gasteiger partial charge in [0.1, 0.15) is 5.82 Å². The number of aromatic amines is 1. The van der Waals surface area contributed by atoms with Gasteiger partial charge in [-0.15, -0.1) is 0 Å². The molecule has 7 heteroatoms. The Morgan fingerprint density at radius 2 is 1.42 bits per heavy atom. The summed E-state index contributed by atoms with van der Waals surface area (Å²) < 4.78 is 0. The van der Waals surface area contributed by atoms with Crippen LogP contribution in [0, 0.1) is 0 Å². The van der Waals surface area contributed by atoms with Gasteiger partial charge in [0.05, 0.1) is 0 Å². The molecule has 1 heterocycles. The van der Waals surface area contributed by atoms with Crippen molar-refractivity contribution in [3.05, 3.63) is 111 Å². The summed E-state index contributed by atoms with van der Waals surface area (Å²) in [5.74, 6) is 0.897. The third kappa shape index (κ3) is 6.54. The van der Waals surface area contributed by atoms with Crippen LogP contribution in [0.25, 0.3) is 0 Å². The van der Waals surface area contributed by atoms with Crippen LogP contribution in [0.4, 0.5) is 0 Å². The Hall–Kier alpha value is -1.91. The number of H-pyrrole nitrogens is 1. The van der Waals surface area contributed by atoms with E-state index in [1.165, 1.54) is 0 Å². The lowest BCUT2D eigenvalue weighted by Gasteiger charge is -2.15. The Kier molecular flexibility index (Phi) is 8.92. The summed E-state index contributed by atoms with van der Waals surface area (Å²) in [5, 5.41) is 2.94. The van der Waals surface area contributed by atoms with Crippen LogP contribution in [0.2, 0.25) is 26.4 Å². The first-order valence-electron chi connectivity index (χ1n) is 9.90. The molecule has 0 radical (unpaired) electrons. The van der Waals surface area contributed by atoms with Crippen molar-refractivity contribution in [1.29, 1.82) is 0 Å². The summed E-state index contributed by atoms with van der Waals surface area (Å²) in [6.07, 6.45) is 5.19. The van der Waals surface area contributed by atoms with Crippen molar-refractivity contribution in [3.63, 3.8) is 0 Å². The third-order valence-corrected chi connectivity index (χ3v) is 6.17. The van der Waals surface area contributed by atoms with E-state index in [4.69, 9.17) is 46.4 Å². The zero-order valence-electron chi connectivity index (χ0n) is 17.0. The van der Waals surface area contributed by atoms with E-state index in [2.05, 4.69) is 29.0 Å². The van der Waals surface area contributed by atoms with Crippen LogP contribution < -0.4 is 10.9 Å². The maximum atomic E-state index is 6.26. The lowest BCUT2D eigenvalue weighted by molar-refractivity contribution is 1.03. The van der Waals surface area contributed by atoms with Crippen LogP contribution in [-0.2, 0) is 6.42 Å². The molecular weight excluding hydrogens is 469 g/mol. The summed E-state index contributed by atoms with van der Waals surface area (Å²) in [4.78, 5) is 7.15. The molecule has 0 spiro atoms. The minimum absolute atomic E-state index is 0.261. The first-order chi connectivity index (χ1) is 15.0. The van der Waals surface area contributed by atoms with Gasteiger partial charge in [0.15, 0.2) is 0 Å². The van der Waals surface area contributed by atoms with Gasteiger partial charge in [-0.25, -0.2) is 4.98 Å². The molecule has 31 heavy (non-hydrogen) atoms. The van der Waals surface area contributed by atoms with E-state index in [1.54, 1.807) is 18.5 Å². The Morgan fingerprint density at radius 1 is 0.806 bits per heavy atom. The zero-order valence-corrected chi connectivity index (χ0v) is 20.0. The summed E-state index contributed by atoms with van der Waals surface area (Å²) in [6, 6.07) is 21.4. The zero-order chi connectivity index (χ0) is 22.2. The second-order valence-corrected chi connectivity index (χ2v) is 8.61. The van der Waals surface area contributed by atoms with Crippen molar-refractivity contribution in [2.75, 3.05) is 0 Å². The van der Waals surface area contributed by atoms with Crippen molar-refractivity contribution < 1.29 is 0 Å². The van der Waals surface area contributed by atoms with E-state index < -0.39 is 0 Å². The molecule has 2 nitrogen and oxygen atoms in total. The van der Waals surface area contributed by atoms with Gasteiger partial charge >= 0.3 is 0 Å². The average Bonchev–Trinajstić information content (AvgIpc) is 3.27. The molecule has 158 valence electrons. The number of halogens is 4. The van der Waals surface area contributed by atoms with Crippen molar-refractivity contribution in [2.45, 2.75) is 19.7 Å². The minimum Gasteiger partial charge on any atom is -0.348 e. The summed E-state index contributed by atoms with van der Waals surface area (Å²) in [5.41, 5.74) is 3.31. The maximum absolute atomic E-state index is 6.26. The quantitative estimate of drug-likeness (QED) is 0.302. The molecule has 0 atom stereocenters. The predicted molar refractivity (Wildman–Crippen MR) is 136 cm³/mol. The molecule has 0 bridgehead atoms. The Morgan fingerprint density at radius 3 is 1.90 bits per heavy atom. The standard InChI is InChI=1S/C14H13BCl2.C10H8Cl2N2/c1-2-15(11-7-3-5-9-13(11)16)12-8-4-6-10-14(12)17;11-8-2-1-7(9(12)6-8)5-10-13-3-4-14-10/h3-10H,2H2,1H3;1-4,6H,5H2,(H,13,14). The fourth-order valence-corrected chi connectivity index (χ4v) is 4.37. The van der Waals surface area contributed by atoms with Crippen LogP contribution in [0.15, 0.2) is 79.1 Å². The second kappa shape index (κ2) is 11.6. The first-order valence-corrected chi connectivity index (χ1v) is 11.4. The number of rotatable bonds is 5. The number of benzene rings is 3. The van der Waals surface area contributed by atoms with Crippen LogP contribution in [-0.4, -0.2) is 16.7 Å². The highest BCUT2D eigenvalue weighted by Crippen LogP contribution is 2.22. The number of imidazole rings is 1. The number of nitrogens with zero attached hydrogens (tertiary/aromatic N) is 1. The van der Waals surface area contributed by atoms with E-state index in [1.807, 2.05) is 48.5 Å². The molecule has 1 aromatic heterocycles. The van der Waals surface area contributed by atoms with Gasteiger partial charge in [-0.05, 0) is 29.8 Å². The Bertz CT molecular complexity index is 1070. The second-order valence-electron chi connectivity index (χ2n) is 6.95. The lowest BCUT2D eigenvalue weighted by Crippen LogP contribution is -2.42. The van der Waals surface area contributed by atoms with E-state index in [0.29, 0.717) is 16.5 Å². The van der Waals surface area contributed by atoms with Crippen LogP contribution in [0.1, 0.15) is 18.3 Å². The molecule has 0 fully saturated rings. The van der Waals surface area contributed by atoms with Gasteiger partial charge in [-0.1, -0.05) is 113 Å². The number of hydrogen-bond acceptors (Lipinski definition) is 1. The third-order valence-electron chi connectivity index (χ3n) is 4.90. The lowest BCUT2D eigenvalue weighted by atomic mass is 9.39. The van der Waals surface area contributed by atoms with Crippen molar-refractivity contribution in [1.82, 2.24) is 9.97 Å². The monoisotopic (exact) mass is 488 g/mol. The smallest absolute Gasteiger partial charge is 0.212 e. The van der Waals surface area contributed by atoms with Crippen molar-refractivity contribution in [2.24, 2.45) is 0 Å². The SMILES string of the molecule is CCB(c1ccccc1Cl)c1ccccc1Cl.Clc1ccc(Cc2ncc[nH]2)c(Cl)c1. The molecule has 0 saturated carbocycles. The van der Waals surface area contributed by atoms with Gasteiger partial charge in [0, 0.05) is 38.9 Å². The molecule has 0 aliphatic heterocycles. The summed E-state index contributed by atoms with van der Waals surface area (Å²) in [7, 11) is 0. The van der Waals surface area contributed by atoms with Crippen molar-refractivity contribution >= 4 is 64.0 Å². The van der Waals surface area contributed by atoms with Gasteiger partial charge in [-0.2, -0.15) is 0 Å². The van der Waals surface area contributed by atoms with Gasteiger partial charge in [-0.3, -0.25) is 0 Å². The molecule has 0 aliphatic carbocycles. The number of aromatic nitrogens is 2. The van der Waals surface area contributed by atoms with Crippen LogP contribution in [0.3, 0.4) is 0 Å². The topological polar surface area (TPSA) is 28.7 Å². The molecule has 3 aromatic carbocycles. The highest BCUT2D eigenvalue weighted by atomic mass is 35.5. The molecule has 0 unspecified atom stereocenters. The van der Waals surface area contributed by atoms with Gasteiger partial charge in [0.25, 0.3) is 0 Å². The normalized spacial score (nSPS) is 10.4. The Labute approximate surface area is 203 Å². The fourth-order valence-electron chi connectivity index (χ4n) is 3.36.